The molecule has 0 aliphatic carbocycles. The normalized spacial score (nSPS) is 10.6. The number of fused-ring (bicyclic) bond motifs is 1. The van der Waals surface area contributed by atoms with Gasteiger partial charge in [0.05, 0.1) is 38.6 Å². The van der Waals surface area contributed by atoms with E-state index in [0.29, 0.717) is 28.2 Å². The van der Waals surface area contributed by atoms with Crippen molar-refractivity contribution in [3.05, 3.63) is 47.0 Å². The van der Waals surface area contributed by atoms with Crippen LogP contribution in [0.4, 0.5) is 0 Å². The largest absolute Gasteiger partial charge is 0.493 e. The summed E-state index contributed by atoms with van der Waals surface area (Å²) in [4.78, 5) is 18.7. The van der Waals surface area contributed by atoms with E-state index in [4.69, 9.17) is 14.2 Å². The smallest absolute Gasteiger partial charge is 0.258 e. The van der Waals surface area contributed by atoms with E-state index in [1.165, 1.54) is 6.33 Å². The summed E-state index contributed by atoms with van der Waals surface area (Å²) in [7, 11) is 4.69. The summed E-state index contributed by atoms with van der Waals surface area (Å²) in [6.07, 6.45) is 1.39. The molecule has 0 unspecified atom stereocenters. The van der Waals surface area contributed by atoms with Crippen LogP contribution in [-0.2, 0) is 0 Å². The Bertz CT molecular complexity index is 918. The lowest BCUT2D eigenvalue weighted by molar-refractivity contribution is 0.325. The Kier molecular flexibility index (Phi) is 3.89. The summed E-state index contributed by atoms with van der Waals surface area (Å²) in [5.74, 6) is 1.63. The Morgan fingerprint density at radius 1 is 0.957 bits per heavy atom. The molecule has 0 fully saturated rings. The highest BCUT2D eigenvalue weighted by molar-refractivity contribution is 5.86. The maximum atomic E-state index is 12.0. The maximum Gasteiger partial charge on any atom is 0.258 e. The van der Waals surface area contributed by atoms with Gasteiger partial charge in [-0.2, -0.15) is 0 Å². The Labute approximate surface area is 132 Å². The van der Waals surface area contributed by atoms with Crippen molar-refractivity contribution in [3.63, 3.8) is 0 Å². The molecule has 0 aliphatic rings. The molecular weight excluding hydrogens is 296 g/mol. The molecule has 3 aromatic rings. The van der Waals surface area contributed by atoms with Crippen LogP contribution in [0.25, 0.3) is 22.0 Å². The number of methoxy groups -OCH3 is 3. The quantitative estimate of drug-likeness (QED) is 0.801. The van der Waals surface area contributed by atoms with Crippen molar-refractivity contribution >= 4 is 10.9 Å². The van der Waals surface area contributed by atoms with Gasteiger partial charge in [0.15, 0.2) is 11.5 Å². The summed E-state index contributed by atoms with van der Waals surface area (Å²) < 4.78 is 16.2. The molecule has 118 valence electrons. The van der Waals surface area contributed by atoms with Gasteiger partial charge < -0.3 is 19.2 Å². The van der Waals surface area contributed by atoms with Crippen LogP contribution in [-0.4, -0.2) is 31.3 Å². The van der Waals surface area contributed by atoms with Gasteiger partial charge in [-0.15, -0.1) is 0 Å². The van der Waals surface area contributed by atoms with E-state index < -0.39 is 0 Å². The van der Waals surface area contributed by atoms with Gasteiger partial charge in [0.2, 0.25) is 5.75 Å². The van der Waals surface area contributed by atoms with Crippen molar-refractivity contribution in [2.45, 2.75) is 0 Å². The number of ether oxygens (including phenoxy) is 3. The second-order valence-corrected chi connectivity index (χ2v) is 4.85. The van der Waals surface area contributed by atoms with E-state index in [2.05, 4.69) is 9.97 Å². The molecule has 0 saturated heterocycles. The van der Waals surface area contributed by atoms with E-state index in [1.807, 2.05) is 12.1 Å². The molecule has 0 atom stereocenters. The number of rotatable bonds is 4. The van der Waals surface area contributed by atoms with E-state index in [-0.39, 0.29) is 5.56 Å². The van der Waals surface area contributed by atoms with Crippen molar-refractivity contribution in [2.75, 3.05) is 21.3 Å². The summed E-state index contributed by atoms with van der Waals surface area (Å²) in [6, 6.07) is 9.14. The Morgan fingerprint density at radius 3 is 2.43 bits per heavy atom. The van der Waals surface area contributed by atoms with Gasteiger partial charge in [0.25, 0.3) is 5.56 Å². The molecule has 6 heteroatoms. The van der Waals surface area contributed by atoms with Crippen LogP contribution in [0.15, 0.2) is 41.5 Å². The first kappa shape index (κ1) is 14.9. The zero-order valence-electron chi connectivity index (χ0n) is 13.0. The number of hydrogen-bond acceptors (Lipinski definition) is 5. The third-order valence-electron chi connectivity index (χ3n) is 3.66. The molecule has 1 heterocycles. The average molecular weight is 312 g/mol. The molecule has 0 bridgehead atoms. The van der Waals surface area contributed by atoms with E-state index in [1.54, 1.807) is 39.5 Å². The van der Waals surface area contributed by atoms with Gasteiger partial charge in [-0.3, -0.25) is 4.79 Å². The molecule has 1 aromatic heterocycles. The van der Waals surface area contributed by atoms with Gasteiger partial charge in [0, 0.05) is 5.56 Å². The Balaban J connectivity index is 2.26. The fourth-order valence-corrected chi connectivity index (χ4v) is 2.56. The molecule has 23 heavy (non-hydrogen) atoms. The predicted octanol–water partition coefficient (Wildman–Crippen LogP) is 2.62. The van der Waals surface area contributed by atoms with Crippen molar-refractivity contribution in [1.29, 1.82) is 0 Å². The van der Waals surface area contributed by atoms with Gasteiger partial charge >= 0.3 is 0 Å². The molecule has 0 amide bonds. The molecule has 0 saturated carbocycles. The van der Waals surface area contributed by atoms with Crippen molar-refractivity contribution in [2.24, 2.45) is 0 Å². The van der Waals surface area contributed by atoms with E-state index in [9.17, 15) is 4.79 Å². The van der Waals surface area contributed by atoms with E-state index >= 15 is 0 Å². The Morgan fingerprint density at radius 2 is 1.74 bits per heavy atom. The van der Waals surface area contributed by atoms with Crippen LogP contribution < -0.4 is 19.8 Å². The lowest BCUT2D eigenvalue weighted by Gasteiger charge is -2.16. The van der Waals surface area contributed by atoms with Crippen molar-refractivity contribution in [3.8, 4) is 28.4 Å². The zero-order chi connectivity index (χ0) is 16.4. The highest BCUT2D eigenvalue weighted by atomic mass is 16.5. The minimum absolute atomic E-state index is 0.184. The lowest BCUT2D eigenvalue weighted by atomic mass is 10.0. The predicted molar refractivity (Wildman–Crippen MR) is 87.5 cm³/mol. The topological polar surface area (TPSA) is 73.4 Å². The van der Waals surface area contributed by atoms with Gasteiger partial charge in [-0.25, -0.2) is 4.98 Å². The van der Waals surface area contributed by atoms with Crippen LogP contribution >= 0.6 is 0 Å². The average Bonchev–Trinajstić information content (AvgIpc) is 2.60. The third kappa shape index (κ3) is 2.48. The number of nitrogens with one attached hydrogen (secondary N) is 1. The van der Waals surface area contributed by atoms with Gasteiger partial charge in [0.1, 0.15) is 0 Å². The third-order valence-corrected chi connectivity index (χ3v) is 3.66. The molecular formula is C17H16N2O4. The van der Waals surface area contributed by atoms with Crippen LogP contribution in [0.3, 0.4) is 0 Å². The maximum absolute atomic E-state index is 12.0. The zero-order valence-corrected chi connectivity index (χ0v) is 13.0. The summed E-state index contributed by atoms with van der Waals surface area (Å²) in [5, 5.41) is 0.516. The minimum Gasteiger partial charge on any atom is -0.493 e. The summed E-state index contributed by atoms with van der Waals surface area (Å²) in [6.45, 7) is 0. The number of aromatic amines is 1. The van der Waals surface area contributed by atoms with Crippen molar-refractivity contribution in [1.82, 2.24) is 9.97 Å². The van der Waals surface area contributed by atoms with Crippen molar-refractivity contribution < 1.29 is 14.2 Å². The fraction of sp³-hybridized carbons (Fsp3) is 0.176. The fourth-order valence-electron chi connectivity index (χ4n) is 2.56. The van der Waals surface area contributed by atoms with Crippen LogP contribution in [0.5, 0.6) is 17.2 Å². The Hall–Kier alpha value is -3.02. The summed E-state index contributed by atoms with van der Waals surface area (Å²) in [5.41, 5.74) is 2.08. The second kappa shape index (κ2) is 6.00. The highest BCUT2D eigenvalue weighted by Crippen LogP contribution is 2.44. The first-order valence-corrected chi connectivity index (χ1v) is 6.96. The molecule has 2 aromatic carbocycles. The minimum atomic E-state index is -0.184. The standard InChI is InChI=1S/C17H16N2O4/c1-21-14-7-5-11(15(22-2)16(14)23-3)10-4-6-13-12(8-10)17(20)19-9-18-13/h4-9H,1-3H3,(H,18,19,20). The van der Waals surface area contributed by atoms with Gasteiger partial charge in [-0.05, 0) is 29.8 Å². The molecule has 0 radical (unpaired) electrons. The monoisotopic (exact) mass is 312 g/mol. The first-order chi connectivity index (χ1) is 11.2. The number of benzene rings is 2. The molecule has 0 spiro atoms. The van der Waals surface area contributed by atoms with E-state index in [0.717, 1.165) is 11.1 Å². The first-order valence-electron chi connectivity index (χ1n) is 6.96. The molecule has 1 N–H and O–H groups in total. The number of nitrogens with zero attached hydrogens (tertiary/aromatic N) is 1. The van der Waals surface area contributed by atoms with Crippen LogP contribution in [0.1, 0.15) is 0 Å². The number of hydrogen-bond donors (Lipinski definition) is 1. The van der Waals surface area contributed by atoms with Crippen LogP contribution in [0.2, 0.25) is 0 Å². The SMILES string of the molecule is COc1ccc(-c2ccc3nc[nH]c(=O)c3c2)c(OC)c1OC. The number of aromatic nitrogens is 2. The number of H-pyrrole nitrogens is 1. The van der Waals surface area contributed by atoms with Gasteiger partial charge in [-0.1, -0.05) is 6.07 Å². The second-order valence-electron chi connectivity index (χ2n) is 4.85. The van der Waals surface area contributed by atoms with Crippen LogP contribution in [0, 0.1) is 0 Å². The molecule has 6 nitrogen and oxygen atoms in total. The molecule has 0 aliphatic heterocycles. The highest BCUT2D eigenvalue weighted by Gasteiger charge is 2.17. The summed E-state index contributed by atoms with van der Waals surface area (Å²) >= 11 is 0. The molecule has 3 rings (SSSR count). The lowest BCUT2D eigenvalue weighted by Crippen LogP contribution is -2.06.